The van der Waals surface area contributed by atoms with Crippen molar-refractivity contribution in [3.8, 4) is 11.5 Å². The van der Waals surface area contributed by atoms with Crippen LogP contribution in [0.1, 0.15) is 37.3 Å². The predicted octanol–water partition coefficient (Wildman–Crippen LogP) is 4.63. The van der Waals surface area contributed by atoms with Crippen molar-refractivity contribution in [2.75, 3.05) is 48.0 Å². The molecule has 40 heavy (non-hydrogen) atoms. The second kappa shape index (κ2) is 10.8. The lowest BCUT2D eigenvalue weighted by Gasteiger charge is -2.27. The van der Waals surface area contributed by atoms with Crippen LogP contribution in [0.15, 0.2) is 65.2 Å². The van der Waals surface area contributed by atoms with E-state index in [0.717, 1.165) is 54.3 Å². The summed E-state index contributed by atoms with van der Waals surface area (Å²) in [6.07, 6.45) is 7.08. The first-order valence-corrected chi connectivity index (χ1v) is 14.2. The Hall–Kier alpha value is -4.18. The van der Waals surface area contributed by atoms with Crippen LogP contribution in [0.2, 0.25) is 0 Å². The van der Waals surface area contributed by atoms with E-state index in [9.17, 15) is 4.79 Å². The number of morpholine rings is 1. The number of anilines is 4. The molecule has 1 N–H and O–H groups in total. The lowest BCUT2D eigenvalue weighted by atomic mass is 10.0. The molecular formula is C30H33N7O3. The summed E-state index contributed by atoms with van der Waals surface area (Å²) in [5.41, 5.74) is 3.88. The van der Waals surface area contributed by atoms with E-state index in [0.29, 0.717) is 38.1 Å². The van der Waals surface area contributed by atoms with Crippen molar-refractivity contribution < 1.29 is 13.9 Å². The zero-order valence-corrected chi connectivity index (χ0v) is 22.4. The van der Waals surface area contributed by atoms with Crippen molar-refractivity contribution in [2.45, 2.75) is 44.2 Å². The van der Waals surface area contributed by atoms with Crippen molar-refractivity contribution in [1.29, 1.82) is 0 Å². The topological polar surface area (TPSA) is 102 Å². The number of hydrogen-bond donors (Lipinski definition) is 1. The van der Waals surface area contributed by atoms with Gasteiger partial charge in [0.2, 0.25) is 0 Å². The zero-order valence-electron chi connectivity index (χ0n) is 22.4. The quantitative estimate of drug-likeness (QED) is 0.376. The summed E-state index contributed by atoms with van der Waals surface area (Å²) in [7, 11) is 0. The highest BCUT2D eigenvalue weighted by molar-refractivity contribution is 5.92. The Balaban J connectivity index is 1.17. The monoisotopic (exact) mass is 539 g/mol. The van der Waals surface area contributed by atoms with Crippen LogP contribution < -0.4 is 15.1 Å². The molecule has 2 aromatic heterocycles. The van der Waals surface area contributed by atoms with Crippen LogP contribution in [0.25, 0.3) is 11.5 Å². The highest BCUT2D eigenvalue weighted by atomic mass is 16.5. The van der Waals surface area contributed by atoms with E-state index in [-0.39, 0.29) is 11.8 Å². The number of carbonyl (C=O) groups is 1. The average molecular weight is 540 g/mol. The molecule has 10 heteroatoms. The van der Waals surface area contributed by atoms with Gasteiger partial charge in [0, 0.05) is 37.1 Å². The smallest absolute Gasteiger partial charge is 0.316 e. The van der Waals surface area contributed by atoms with Gasteiger partial charge in [-0.15, -0.1) is 5.10 Å². The molecule has 7 rings (SSSR count). The number of fused-ring (bicyclic) bond motifs is 1. The minimum Gasteiger partial charge on any atom is -0.403 e. The summed E-state index contributed by atoms with van der Waals surface area (Å²) in [6.45, 7) is 3.30. The number of nitrogens with one attached hydrogen (secondary N) is 1. The normalized spacial score (nSPS) is 20.0. The first-order valence-electron chi connectivity index (χ1n) is 14.2. The minimum atomic E-state index is -0.527. The Morgan fingerprint density at radius 1 is 0.925 bits per heavy atom. The molecule has 0 amide bonds. The van der Waals surface area contributed by atoms with Crippen LogP contribution >= 0.6 is 0 Å². The number of Topliss-reactive ketones (excluding diaryl/α,β-unsaturated/α-hetero) is 1. The van der Waals surface area contributed by atoms with Crippen LogP contribution in [-0.2, 0) is 16.0 Å². The molecule has 4 aromatic rings. The van der Waals surface area contributed by atoms with Crippen LogP contribution in [0.5, 0.6) is 0 Å². The van der Waals surface area contributed by atoms with Crippen molar-refractivity contribution in [3.63, 3.8) is 0 Å². The molecule has 2 aliphatic heterocycles. The summed E-state index contributed by atoms with van der Waals surface area (Å²) in [5.74, 6) is 1.33. The van der Waals surface area contributed by atoms with Crippen molar-refractivity contribution in [2.24, 2.45) is 0 Å². The maximum atomic E-state index is 13.4. The summed E-state index contributed by atoms with van der Waals surface area (Å²) in [6, 6.07) is 18.3. The van der Waals surface area contributed by atoms with Gasteiger partial charge < -0.3 is 24.3 Å². The van der Waals surface area contributed by atoms with Gasteiger partial charge in [-0.2, -0.15) is 5.10 Å². The molecule has 0 radical (unpaired) electrons. The maximum absolute atomic E-state index is 13.4. The van der Waals surface area contributed by atoms with E-state index in [1.165, 1.54) is 12.8 Å². The van der Waals surface area contributed by atoms with Gasteiger partial charge in [0.15, 0.2) is 11.6 Å². The number of hydrogen-bond acceptors (Lipinski definition) is 9. The fraction of sp³-hybridized carbons (Fsp3) is 0.400. The minimum absolute atomic E-state index is 0.0775. The van der Waals surface area contributed by atoms with Gasteiger partial charge in [-0.3, -0.25) is 9.48 Å². The van der Waals surface area contributed by atoms with Gasteiger partial charge >= 0.3 is 6.01 Å². The summed E-state index contributed by atoms with van der Waals surface area (Å²) < 4.78 is 13.8. The molecule has 2 fully saturated rings. The molecule has 0 bridgehead atoms. The largest absolute Gasteiger partial charge is 0.403 e. The number of para-hydroxylation sites is 2. The van der Waals surface area contributed by atoms with E-state index < -0.39 is 6.04 Å². The molecule has 0 spiro atoms. The third-order valence-corrected chi connectivity index (χ3v) is 8.14. The standard InChI is InChI=1S/C30H33N7O3/c38-27-18-21-8-4-7-13-26(21)36(22-9-2-1-3-10-22)20-25(27)31-30-33-32-29(40-30)24-19-37(23-11-5-6-12-23)34-28(24)35-14-16-39-17-15-35/h1-4,7-10,13,19,23,25H,5-6,11-12,14-18,20H2,(H,31,33)/t25-/m0/s1. The third kappa shape index (κ3) is 4.83. The number of rotatable bonds is 6. The van der Waals surface area contributed by atoms with Gasteiger partial charge in [0.1, 0.15) is 11.6 Å². The third-order valence-electron chi connectivity index (χ3n) is 8.14. The van der Waals surface area contributed by atoms with E-state index in [1.54, 1.807) is 0 Å². The van der Waals surface area contributed by atoms with Gasteiger partial charge in [0.05, 0.1) is 25.8 Å². The lowest BCUT2D eigenvalue weighted by Crippen LogP contribution is -2.39. The zero-order chi connectivity index (χ0) is 26.9. The first-order chi connectivity index (χ1) is 19.7. The molecule has 1 saturated heterocycles. The molecule has 206 valence electrons. The maximum Gasteiger partial charge on any atom is 0.316 e. The summed E-state index contributed by atoms with van der Waals surface area (Å²) in [5, 5.41) is 17.0. The predicted molar refractivity (Wildman–Crippen MR) is 152 cm³/mol. The van der Waals surface area contributed by atoms with Crippen LogP contribution in [0.3, 0.4) is 0 Å². The highest BCUT2D eigenvalue weighted by Crippen LogP contribution is 2.36. The van der Waals surface area contributed by atoms with E-state index in [2.05, 4.69) is 48.2 Å². The van der Waals surface area contributed by atoms with Crippen LogP contribution in [-0.4, -0.2) is 64.7 Å². The SMILES string of the molecule is O=C1Cc2ccccc2N(c2ccccc2)C[C@@H]1Nc1nnc(-c2cn(C3CCCC3)nc2N2CCOCC2)o1. The fourth-order valence-electron chi connectivity index (χ4n) is 6.03. The van der Waals surface area contributed by atoms with Crippen molar-refractivity contribution in [1.82, 2.24) is 20.0 Å². The molecule has 10 nitrogen and oxygen atoms in total. The van der Waals surface area contributed by atoms with Gasteiger partial charge in [-0.1, -0.05) is 54.3 Å². The number of ether oxygens (including phenoxy) is 1. The molecule has 2 aromatic carbocycles. The Bertz CT molecular complexity index is 1470. The molecule has 3 aliphatic rings. The molecule has 1 atom stereocenters. The van der Waals surface area contributed by atoms with Crippen molar-refractivity contribution >= 4 is 29.0 Å². The number of carbonyl (C=O) groups excluding carboxylic acids is 1. The summed E-state index contributed by atoms with van der Waals surface area (Å²) >= 11 is 0. The molecule has 4 heterocycles. The molecule has 1 aliphatic carbocycles. The first kappa shape index (κ1) is 24.8. The number of benzene rings is 2. The lowest BCUT2D eigenvalue weighted by molar-refractivity contribution is -0.118. The Kier molecular flexibility index (Phi) is 6.68. The van der Waals surface area contributed by atoms with Crippen LogP contribution in [0, 0.1) is 0 Å². The second-order valence-corrected chi connectivity index (χ2v) is 10.7. The fourth-order valence-corrected chi connectivity index (χ4v) is 6.03. The molecular weight excluding hydrogens is 506 g/mol. The Morgan fingerprint density at radius 2 is 1.70 bits per heavy atom. The number of ketones is 1. The Labute approximate surface area is 232 Å². The number of aromatic nitrogens is 4. The van der Waals surface area contributed by atoms with E-state index in [1.807, 2.05) is 42.6 Å². The highest BCUT2D eigenvalue weighted by Gasteiger charge is 2.31. The van der Waals surface area contributed by atoms with E-state index >= 15 is 0 Å². The van der Waals surface area contributed by atoms with E-state index in [4.69, 9.17) is 14.3 Å². The number of nitrogens with zero attached hydrogens (tertiary/aromatic N) is 6. The summed E-state index contributed by atoms with van der Waals surface area (Å²) in [4.78, 5) is 17.8. The van der Waals surface area contributed by atoms with Crippen molar-refractivity contribution in [3.05, 3.63) is 66.4 Å². The Morgan fingerprint density at radius 3 is 2.52 bits per heavy atom. The van der Waals surface area contributed by atoms with Gasteiger partial charge in [-0.25, -0.2) is 0 Å². The van der Waals surface area contributed by atoms with Crippen LogP contribution in [0.4, 0.5) is 23.2 Å². The van der Waals surface area contributed by atoms with Gasteiger partial charge in [-0.05, 0) is 36.6 Å². The molecule has 0 unspecified atom stereocenters. The van der Waals surface area contributed by atoms with Gasteiger partial charge in [0.25, 0.3) is 5.89 Å². The second-order valence-electron chi connectivity index (χ2n) is 10.7. The average Bonchev–Trinajstić information content (AvgIpc) is 3.76. The molecule has 1 saturated carbocycles.